The highest BCUT2D eigenvalue weighted by molar-refractivity contribution is 5.21. The predicted molar refractivity (Wildman–Crippen MR) is 72.7 cm³/mol. The first-order chi connectivity index (χ1) is 9.04. The molecule has 1 atom stereocenters. The quantitative estimate of drug-likeness (QED) is 0.909. The molecular weight excluding hydrogens is 246 g/mol. The summed E-state index contributed by atoms with van der Waals surface area (Å²) in [4.78, 5) is 2.38. The molecule has 1 saturated heterocycles. The maximum atomic E-state index is 13.1. The number of hydrogen-bond acceptors (Lipinski definition) is 2. The van der Waals surface area contributed by atoms with Gasteiger partial charge in [-0.15, -0.1) is 0 Å². The van der Waals surface area contributed by atoms with E-state index in [1.54, 1.807) is 0 Å². The van der Waals surface area contributed by atoms with Gasteiger partial charge in [-0.1, -0.05) is 6.92 Å². The summed E-state index contributed by atoms with van der Waals surface area (Å²) in [6, 6.07) is 3.23. The number of benzene rings is 1. The van der Waals surface area contributed by atoms with Crippen molar-refractivity contribution in [3.05, 3.63) is 35.4 Å². The lowest BCUT2D eigenvalue weighted by Crippen LogP contribution is -2.34. The molecule has 0 radical (unpaired) electrons. The number of nitrogens with zero attached hydrogens (tertiary/aromatic N) is 1. The van der Waals surface area contributed by atoms with Crippen LogP contribution in [-0.4, -0.2) is 24.5 Å². The molecule has 0 bridgehead atoms. The fraction of sp³-hybridized carbons (Fsp3) is 0.600. The van der Waals surface area contributed by atoms with Gasteiger partial charge >= 0.3 is 0 Å². The molecule has 0 spiro atoms. The van der Waals surface area contributed by atoms with E-state index in [2.05, 4.69) is 11.8 Å². The second-order valence-electron chi connectivity index (χ2n) is 5.62. The topological polar surface area (TPSA) is 29.3 Å². The molecule has 1 aromatic carbocycles. The molecule has 106 valence electrons. The minimum Gasteiger partial charge on any atom is -0.324 e. The van der Waals surface area contributed by atoms with Crippen LogP contribution in [0.25, 0.3) is 0 Å². The van der Waals surface area contributed by atoms with Crippen LogP contribution in [0.2, 0.25) is 0 Å². The van der Waals surface area contributed by atoms with E-state index in [1.807, 2.05) is 0 Å². The van der Waals surface area contributed by atoms with E-state index < -0.39 is 11.6 Å². The van der Waals surface area contributed by atoms with Gasteiger partial charge in [0.2, 0.25) is 0 Å². The molecule has 1 aromatic rings. The van der Waals surface area contributed by atoms with Crippen LogP contribution in [0.3, 0.4) is 0 Å². The molecule has 0 aromatic heterocycles. The molecule has 0 saturated carbocycles. The Bertz CT molecular complexity index is 394. The van der Waals surface area contributed by atoms with Crippen LogP contribution in [0.4, 0.5) is 8.78 Å². The first kappa shape index (κ1) is 14.4. The molecule has 1 fully saturated rings. The Morgan fingerprint density at radius 1 is 1.21 bits per heavy atom. The van der Waals surface area contributed by atoms with Crippen molar-refractivity contribution in [2.24, 2.45) is 11.7 Å². The van der Waals surface area contributed by atoms with Gasteiger partial charge in [-0.3, -0.25) is 0 Å². The van der Waals surface area contributed by atoms with Crippen molar-refractivity contribution in [3.8, 4) is 0 Å². The van der Waals surface area contributed by atoms with Crippen LogP contribution in [0.5, 0.6) is 0 Å². The normalized spacial score (nSPS) is 19.6. The Balaban J connectivity index is 1.85. The molecular formula is C15H22F2N2. The lowest BCUT2D eigenvalue weighted by molar-refractivity contribution is 0.187. The Morgan fingerprint density at radius 2 is 1.79 bits per heavy atom. The fourth-order valence-electron chi connectivity index (χ4n) is 2.56. The predicted octanol–water partition coefficient (Wildman–Crippen LogP) is 3.09. The van der Waals surface area contributed by atoms with Crippen molar-refractivity contribution in [2.75, 3.05) is 19.6 Å². The average Bonchev–Trinajstić information content (AvgIpc) is 2.36. The van der Waals surface area contributed by atoms with Gasteiger partial charge in [0.1, 0.15) is 11.6 Å². The summed E-state index contributed by atoms with van der Waals surface area (Å²) in [5, 5.41) is 0. The van der Waals surface area contributed by atoms with Crippen molar-refractivity contribution < 1.29 is 8.78 Å². The molecule has 2 nitrogen and oxygen atoms in total. The minimum atomic E-state index is -0.558. The zero-order chi connectivity index (χ0) is 13.8. The summed E-state index contributed by atoms with van der Waals surface area (Å²) in [6.07, 6.45) is 3.19. The minimum absolute atomic E-state index is 0.301. The smallest absolute Gasteiger partial charge is 0.126 e. The molecule has 2 rings (SSSR count). The number of nitrogens with two attached hydrogens (primary N) is 1. The Kier molecular flexibility index (Phi) is 4.88. The van der Waals surface area contributed by atoms with Crippen molar-refractivity contribution >= 4 is 0 Å². The van der Waals surface area contributed by atoms with Gasteiger partial charge in [0.05, 0.1) is 0 Å². The van der Waals surface area contributed by atoms with Crippen molar-refractivity contribution in [1.82, 2.24) is 4.90 Å². The Morgan fingerprint density at radius 3 is 2.37 bits per heavy atom. The van der Waals surface area contributed by atoms with Crippen molar-refractivity contribution in [1.29, 1.82) is 0 Å². The number of halogens is 2. The third-order valence-electron chi connectivity index (χ3n) is 3.95. The van der Waals surface area contributed by atoms with E-state index in [9.17, 15) is 8.78 Å². The fourth-order valence-corrected chi connectivity index (χ4v) is 2.56. The van der Waals surface area contributed by atoms with Gasteiger partial charge < -0.3 is 10.6 Å². The third kappa shape index (κ3) is 4.25. The van der Waals surface area contributed by atoms with E-state index in [-0.39, 0.29) is 6.04 Å². The first-order valence-electron chi connectivity index (χ1n) is 6.98. The number of rotatable bonds is 4. The summed E-state index contributed by atoms with van der Waals surface area (Å²) in [5.74, 6) is -0.309. The lowest BCUT2D eigenvalue weighted by atomic mass is 9.98. The molecule has 19 heavy (non-hydrogen) atoms. The van der Waals surface area contributed by atoms with Gasteiger partial charge in [0.15, 0.2) is 0 Å². The standard InChI is InChI=1S/C15H22F2N2/c1-11-2-5-19(6-3-11)7-4-15(18)12-8-13(16)10-14(17)9-12/h8-11,15H,2-7,18H2,1H3. The van der Waals surface area contributed by atoms with Crippen LogP contribution in [-0.2, 0) is 0 Å². The lowest BCUT2D eigenvalue weighted by Gasteiger charge is -2.30. The first-order valence-corrected chi connectivity index (χ1v) is 6.98. The van der Waals surface area contributed by atoms with E-state index in [0.717, 1.165) is 38.0 Å². The molecule has 1 heterocycles. The summed E-state index contributed by atoms with van der Waals surface area (Å²) < 4.78 is 26.2. The number of hydrogen-bond donors (Lipinski definition) is 1. The summed E-state index contributed by atoms with van der Waals surface area (Å²) >= 11 is 0. The van der Waals surface area contributed by atoms with E-state index in [0.29, 0.717) is 5.56 Å². The summed E-state index contributed by atoms with van der Waals surface area (Å²) in [6.45, 7) is 5.38. The molecule has 0 aliphatic carbocycles. The zero-order valence-corrected chi connectivity index (χ0v) is 11.4. The molecule has 1 aliphatic heterocycles. The Hall–Kier alpha value is -1.00. The van der Waals surface area contributed by atoms with Gasteiger partial charge in [-0.05, 0) is 62.5 Å². The van der Waals surface area contributed by atoms with Crippen molar-refractivity contribution in [3.63, 3.8) is 0 Å². The maximum absolute atomic E-state index is 13.1. The molecule has 1 aliphatic rings. The van der Waals surface area contributed by atoms with Gasteiger partial charge in [-0.2, -0.15) is 0 Å². The third-order valence-corrected chi connectivity index (χ3v) is 3.95. The van der Waals surface area contributed by atoms with E-state index >= 15 is 0 Å². The van der Waals surface area contributed by atoms with Crippen molar-refractivity contribution in [2.45, 2.75) is 32.2 Å². The van der Waals surface area contributed by atoms with E-state index in [4.69, 9.17) is 5.73 Å². The summed E-state index contributed by atoms with van der Waals surface area (Å²) in [5.41, 5.74) is 6.56. The highest BCUT2D eigenvalue weighted by Crippen LogP contribution is 2.20. The molecule has 1 unspecified atom stereocenters. The number of piperidine rings is 1. The van der Waals surface area contributed by atoms with E-state index in [1.165, 1.54) is 25.0 Å². The molecule has 0 amide bonds. The second-order valence-corrected chi connectivity index (χ2v) is 5.62. The van der Waals surface area contributed by atoms with Crippen LogP contribution in [0.15, 0.2) is 18.2 Å². The monoisotopic (exact) mass is 268 g/mol. The molecule has 2 N–H and O–H groups in total. The number of likely N-dealkylation sites (tertiary alicyclic amines) is 1. The second kappa shape index (κ2) is 6.44. The van der Waals surface area contributed by atoms with Gasteiger partial charge in [0, 0.05) is 12.1 Å². The van der Waals surface area contributed by atoms with Crippen LogP contribution in [0, 0.1) is 17.6 Å². The van der Waals surface area contributed by atoms with Gasteiger partial charge in [0.25, 0.3) is 0 Å². The zero-order valence-electron chi connectivity index (χ0n) is 11.4. The maximum Gasteiger partial charge on any atom is 0.126 e. The SMILES string of the molecule is CC1CCN(CCC(N)c2cc(F)cc(F)c2)CC1. The summed E-state index contributed by atoms with van der Waals surface area (Å²) in [7, 11) is 0. The largest absolute Gasteiger partial charge is 0.324 e. The highest BCUT2D eigenvalue weighted by Gasteiger charge is 2.17. The molecule has 4 heteroatoms. The van der Waals surface area contributed by atoms with Crippen LogP contribution < -0.4 is 5.73 Å². The van der Waals surface area contributed by atoms with Crippen LogP contribution >= 0.6 is 0 Å². The average molecular weight is 268 g/mol. The Labute approximate surface area is 113 Å². The van der Waals surface area contributed by atoms with Gasteiger partial charge in [-0.25, -0.2) is 8.78 Å². The highest BCUT2D eigenvalue weighted by atomic mass is 19.1. The van der Waals surface area contributed by atoms with Crippen LogP contribution in [0.1, 0.15) is 37.8 Å².